The fourth-order valence-corrected chi connectivity index (χ4v) is 1.84. The molecule has 1 aliphatic carbocycles. The molecule has 3 nitrogen and oxygen atoms in total. The number of nitrogens with one attached hydrogen (secondary N) is 2. The molecule has 1 aliphatic heterocycles. The van der Waals surface area contributed by atoms with Gasteiger partial charge in [0.1, 0.15) is 0 Å². The normalized spacial score (nSPS) is 29.4. The average molecular weight is 198 g/mol. The van der Waals surface area contributed by atoms with Crippen LogP contribution in [0.3, 0.4) is 0 Å². The van der Waals surface area contributed by atoms with Crippen molar-refractivity contribution in [2.75, 3.05) is 19.7 Å². The van der Waals surface area contributed by atoms with E-state index in [0.29, 0.717) is 12.1 Å². The summed E-state index contributed by atoms with van der Waals surface area (Å²) in [5.41, 5.74) is 0. The molecule has 2 fully saturated rings. The van der Waals surface area contributed by atoms with Gasteiger partial charge >= 0.3 is 0 Å². The van der Waals surface area contributed by atoms with Gasteiger partial charge in [0.15, 0.2) is 0 Å². The summed E-state index contributed by atoms with van der Waals surface area (Å²) in [7, 11) is 0. The van der Waals surface area contributed by atoms with Gasteiger partial charge in [-0.1, -0.05) is 0 Å². The first kappa shape index (κ1) is 10.4. The molecule has 0 aromatic carbocycles. The lowest BCUT2D eigenvalue weighted by Gasteiger charge is -2.17. The van der Waals surface area contributed by atoms with Gasteiger partial charge in [0, 0.05) is 31.8 Å². The second-order valence-electron chi connectivity index (χ2n) is 4.63. The monoisotopic (exact) mass is 198 g/mol. The van der Waals surface area contributed by atoms with Crippen LogP contribution < -0.4 is 10.6 Å². The Balaban J connectivity index is 1.50. The number of hydrogen-bond acceptors (Lipinski definition) is 3. The van der Waals surface area contributed by atoms with Gasteiger partial charge in [-0.3, -0.25) is 0 Å². The van der Waals surface area contributed by atoms with Gasteiger partial charge in [-0.25, -0.2) is 0 Å². The summed E-state index contributed by atoms with van der Waals surface area (Å²) in [6, 6.07) is 1.39. The second kappa shape index (κ2) is 5.10. The van der Waals surface area contributed by atoms with Gasteiger partial charge in [-0.2, -0.15) is 0 Å². The maximum absolute atomic E-state index is 5.56. The maximum Gasteiger partial charge on any atom is 0.0700 e. The minimum atomic E-state index is 0.471. The molecule has 3 heteroatoms. The third-order valence-corrected chi connectivity index (χ3v) is 3.01. The summed E-state index contributed by atoms with van der Waals surface area (Å²) in [5, 5.41) is 7.05. The molecule has 2 unspecified atom stereocenters. The van der Waals surface area contributed by atoms with Crippen molar-refractivity contribution in [2.24, 2.45) is 0 Å². The highest BCUT2D eigenvalue weighted by Crippen LogP contribution is 2.18. The van der Waals surface area contributed by atoms with Crippen molar-refractivity contribution in [1.82, 2.24) is 10.6 Å². The van der Waals surface area contributed by atoms with Gasteiger partial charge in [-0.05, 0) is 32.6 Å². The lowest BCUT2D eigenvalue weighted by Crippen LogP contribution is -2.40. The van der Waals surface area contributed by atoms with Crippen molar-refractivity contribution in [2.45, 2.75) is 50.8 Å². The molecule has 0 spiro atoms. The quantitative estimate of drug-likeness (QED) is 0.665. The van der Waals surface area contributed by atoms with Crippen molar-refractivity contribution in [3.63, 3.8) is 0 Å². The first-order chi connectivity index (χ1) is 6.84. The third-order valence-electron chi connectivity index (χ3n) is 3.01. The van der Waals surface area contributed by atoms with E-state index in [-0.39, 0.29) is 0 Å². The van der Waals surface area contributed by atoms with Gasteiger partial charge in [0.25, 0.3) is 0 Å². The molecule has 1 heterocycles. The number of rotatable bonds is 6. The molecule has 2 aliphatic rings. The molecule has 2 atom stereocenters. The molecule has 82 valence electrons. The van der Waals surface area contributed by atoms with Crippen molar-refractivity contribution >= 4 is 0 Å². The maximum atomic E-state index is 5.56. The standard InChI is InChI=1S/C11H22N2O/c1-9(7-13-10-4-5-10)12-8-11-3-2-6-14-11/h9-13H,2-8H2,1H3. The molecule has 1 saturated heterocycles. The van der Waals surface area contributed by atoms with Crippen LogP contribution in [0.1, 0.15) is 32.6 Å². The molecule has 0 bridgehead atoms. The molecule has 14 heavy (non-hydrogen) atoms. The minimum absolute atomic E-state index is 0.471. The van der Waals surface area contributed by atoms with Crippen LogP contribution >= 0.6 is 0 Å². The molecule has 0 radical (unpaired) electrons. The van der Waals surface area contributed by atoms with E-state index in [0.717, 1.165) is 25.7 Å². The lowest BCUT2D eigenvalue weighted by molar-refractivity contribution is 0.108. The summed E-state index contributed by atoms with van der Waals surface area (Å²) in [6.45, 7) is 5.32. The SMILES string of the molecule is CC(CNC1CC1)NCC1CCCO1. The molecule has 2 N–H and O–H groups in total. The van der Waals surface area contributed by atoms with Gasteiger partial charge in [0.2, 0.25) is 0 Å². The van der Waals surface area contributed by atoms with Crippen LogP contribution in [0.5, 0.6) is 0 Å². The van der Waals surface area contributed by atoms with Gasteiger partial charge in [-0.15, -0.1) is 0 Å². The van der Waals surface area contributed by atoms with Crippen molar-refractivity contribution < 1.29 is 4.74 Å². The van der Waals surface area contributed by atoms with E-state index in [9.17, 15) is 0 Å². The highest BCUT2D eigenvalue weighted by molar-refractivity contribution is 4.82. The van der Waals surface area contributed by atoms with Crippen LogP contribution in [0.4, 0.5) is 0 Å². The van der Waals surface area contributed by atoms with E-state index in [4.69, 9.17) is 4.74 Å². The van der Waals surface area contributed by atoms with E-state index in [1.807, 2.05) is 0 Å². The fourth-order valence-electron chi connectivity index (χ4n) is 1.84. The molecule has 0 amide bonds. The Morgan fingerprint density at radius 3 is 2.86 bits per heavy atom. The fraction of sp³-hybridized carbons (Fsp3) is 1.00. The predicted octanol–water partition coefficient (Wildman–Crippen LogP) is 0.895. The van der Waals surface area contributed by atoms with Crippen LogP contribution in [0, 0.1) is 0 Å². The third kappa shape index (κ3) is 3.56. The molecule has 0 aromatic rings. The molecule has 1 saturated carbocycles. The predicted molar refractivity (Wildman–Crippen MR) is 57.5 cm³/mol. The van der Waals surface area contributed by atoms with E-state index in [1.165, 1.54) is 25.7 Å². The zero-order chi connectivity index (χ0) is 9.80. The molecule has 0 aromatic heterocycles. The molecule has 2 rings (SSSR count). The Morgan fingerprint density at radius 1 is 1.36 bits per heavy atom. The van der Waals surface area contributed by atoms with Crippen LogP contribution in [-0.4, -0.2) is 37.9 Å². The van der Waals surface area contributed by atoms with Gasteiger partial charge in [0.05, 0.1) is 6.10 Å². The number of hydrogen-bond donors (Lipinski definition) is 2. The Hall–Kier alpha value is -0.120. The first-order valence-corrected chi connectivity index (χ1v) is 5.93. The Morgan fingerprint density at radius 2 is 2.21 bits per heavy atom. The zero-order valence-electron chi connectivity index (χ0n) is 9.09. The summed E-state index contributed by atoms with van der Waals surface area (Å²) in [6.07, 6.45) is 5.69. The lowest BCUT2D eigenvalue weighted by atomic mass is 10.2. The van der Waals surface area contributed by atoms with Gasteiger partial charge < -0.3 is 15.4 Å². The molecular formula is C11H22N2O. The van der Waals surface area contributed by atoms with E-state index in [2.05, 4.69) is 17.6 Å². The van der Waals surface area contributed by atoms with E-state index < -0.39 is 0 Å². The van der Waals surface area contributed by atoms with Crippen LogP contribution in [-0.2, 0) is 4.74 Å². The van der Waals surface area contributed by atoms with E-state index >= 15 is 0 Å². The topological polar surface area (TPSA) is 33.3 Å². The summed E-state index contributed by atoms with van der Waals surface area (Å²) in [5.74, 6) is 0. The highest BCUT2D eigenvalue weighted by atomic mass is 16.5. The van der Waals surface area contributed by atoms with E-state index in [1.54, 1.807) is 0 Å². The summed E-state index contributed by atoms with van der Waals surface area (Å²) in [4.78, 5) is 0. The summed E-state index contributed by atoms with van der Waals surface area (Å²) >= 11 is 0. The van der Waals surface area contributed by atoms with Crippen LogP contribution in [0.2, 0.25) is 0 Å². The smallest absolute Gasteiger partial charge is 0.0700 e. The summed E-state index contributed by atoms with van der Waals surface area (Å²) < 4.78 is 5.56. The number of ether oxygens (including phenoxy) is 1. The van der Waals surface area contributed by atoms with Crippen LogP contribution in [0.15, 0.2) is 0 Å². The Bertz CT molecular complexity index is 165. The Kier molecular flexibility index (Phi) is 3.79. The van der Waals surface area contributed by atoms with Crippen molar-refractivity contribution in [3.05, 3.63) is 0 Å². The van der Waals surface area contributed by atoms with Crippen molar-refractivity contribution in [3.8, 4) is 0 Å². The highest BCUT2D eigenvalue weighted by Gasteiger charge is 2.21. The average Bonchev–Trinajstić information content (AvgIpc) is 2.87. The zero-order valence-corrected chi connectivity index (χ0v) is 9.09. The molecular weight excluding hydrogens is 176 g/mol. The Labute approximate surface area is 86.6 Å². The minimum Gasteiger partial charge on any atom is -0.377 e. The van der Waals surface area contributed by atoms with Crippen molar-refractivity contribution in [1.29, 1.82) is 0 Å². The largest absolute Gasteiger partial charge is 0.377 e. The van der Waals surface area contributed by atoms with Crippen LogP contribution in [0.25, 0.3) is 0 Å². The first-order valence-electron chi connectivity index (χ1n) is 5.93. The second-order valence-corrected chi connectivity index (χ2v) is 4.63.